The van der Waals surface area contributed by atoms with Crippen LogP contribution in [-0.2, 0) is 21.0 Å². The lowest BCUT2D eigenvalue weighted by Crippen LogP contribution is -2.20. The van der Waals surface area contributed by atoms with Crippen LogP contribution in [0.25, 0.3) is 0 Å². The number of hydrogen-bond donors (Lipinski definition) is 2. The van der Waals surface area contributed by atoms with E-state index in [1.165, 1.54) is 0 Å². The third-order valence-corrected chi connectivity index (χ3v) is 3.95. The van der Waals surface area contributed by atoms with Crippen molar-refractivity contribution in [2.75, 3.05) is 10.5 Å². The maximum Gasteiger partial charge on any atom is 0.418 e. The third kappa shape index (κ3) is 5.80. The summed E-state index contributed by atoms with van der Waals surface area (Å²) < 4.78 is 63.4. The summed E-state index contributed by atoms with van der Waals surface area (Å²) in [6.07, 6.45) is -5.38. The van der Waals surface area contributed by atoms with E-state index >= 15 is 0 Å². The molecule has 0 fully saturated rings. The van der Waals surface area contributed by atoms with Gasteiger partial charge in [-0.25, -0.2) is 8.42 Å². The number of carbonyl (C=O) groups is 1. The molecule has 0 bridgehead atoms. The van der Waals surface area contributed by atoms with Gasteiger partial charge in [-0.15, -0.1) is 0 Å². The number of anilines is 1. The summed E-state index contributed by atoms with van der Waals surface area (Å²) in [6.45, 7) is 0. The normalized spacial score (nSPS) is 12.2. The molecule has 0 aliphatic carbocycles. The van der Waals surface area contributed by atoms with Gasteiger partial charge in [0.25, 0.3) is 0 Å². The minimum Gasteiger partial charge on any atom is -0.481 e. The van der Waals surface area contributed by atoms with E-state index in [9.17, 15) is 26.4 Å². The summed E-state index contributed by atoms with van der Waals surface area (Å²) in [7, 11) is -4.08. The quantitative estimate of drug-likeness (QED) is 0.830. The number of carboxylic acid groups (broad SMARTS) is 1. The van der Waals surface area contributed by atoms with Crippen molar-refractivity contribution in [3.63, 3.8) is 0 Å². The molecule has 0 spiro atoms. The number of benzene rings is 1. The Morgan fingerprint density at radius 1 is 1.33 bits per heavy atom. The van der Waals surface area contributed by atoms with Crippen LogP contribution in [0.3, 0.4) is 0 Å². The molecule has 1 aromatic rings. The molecular weight excluding hydrogens is 335 g/mol. The van der Waals surface area contributed by atoms with Crippen molar-refractivity contribution in [3.05, 3.63) is 28.8 Å². The van der Waals surface area contributed by atoms with Crippen molar-refractivity contribution in [1.29, 1.82) is 0 Å². The van der Waals surface area contributed by atoms with E-state index in [-0.39, 0.29) is 11.4 Å². The molecule has 0 saturated heterocycles. The van der Waals surface area contributed by atoms with Crippen LogP contribution in [0.1, 0.15) is 18.4 Å². The Hall–Kier alpha value is -1.48. The monoisotopic (exact) mass is 345 g/mol. The van der Waals surface area contributed by atoms with Gasteiger partial charge in [0, 0.05) is 11.4 Å². The minimum atomic E-state index is -4.77. The molecule has 0 heterocycles. The van der Waals surface area contributed by atoms with Crippen molar-refractivity contribution in [2.24, 2.45) is 0 Å². The van der Waals surface area contributed by atoms with Crippen molar-refractivity contribution >= 4 is 33.3 Å². The third-order valence-electron chi connectivity index (χ3n) is 2.36. The Balaban J connectivity index is 2.94. The van der Waals surface area contributed by atoms with Crippen molar-refractivity contribution in [1.82, 2.24) is 0 Å². The Kier molecular flexibility index (Phi) is 5.46. The predicted molar refractivity (Wildman–Crippen MR) is 70.7 cm³/mol. The predicted octanol–water partition coefficient (Wildman–Crippen LogP) is 2.97. The molecule has 0 unspecified atom stereocenters. The second-order valence-electron chi connectivity index (χ2n) is 4.11. The van der Waals surface area contributed by atoms with Gasteiger partial charge < -0.3 is 5.11 Å². The Morgan fingerprint density at radius 3 is 2.48 bits per heavy atom. The zero-order valence-corrected chi connectivity index (χ0v) is 12.0. The van der Waals surface area contributed by atoms with Crippen LogP contribution in [-0.4, -0.2) is 25.2 Å². The number of carboxylic acids is 1. The second kappa shape index (κ2) is 6.52. The summed E-state index contributed by atoms with van der Waals surface area (Å²) in [5.74, 6) is -1.79. The van der Waals surface area contributed by atoms with Gasteiger partial charge in [0.15, 0.2) is 0 Å². The molecule has 0 saturated carbocycles. The molecular formula is C11H11ClF3NO4S. The zero-order chi connectivity index (χ0) is 16.3. The van der Waals surface area contributed by atoms with Crippen LogP contribution >= 0.6 is 11.6 Å². The molecule has 1 rings (SSSR count). The van der Waals surface area contributed by atoms with E-state index in [0.29, 0.717) is 6.07 Å². The van der Waals surface area contributed by atoms with E-state index in [1.54, 1.807) is 4.72 Å². The Labute approximate surface area is 123 Å². The molecule has 5 nitrogen and oxygen atoms in total. The lowest BCUT2D eigenvalue weighted by atomic mass is 10.2. The van der Waals surface area contributed by atoms with Gasteiger partial charge in [0.2, 0.25) is 10.0 Å². The highest BCUT2D eigenvalue weighted by molar-refractivity contribution is 7.92. The largest absolute Gasteiger partial charge is 0.481 e. The highest BCUT2D eigenvalue weighted by Gasteiger charge is 2.34. The van der Waals surface area contributed by atoms with Crippen LogP contribution in [0.2, 0.25) is 5.02 Å². The van der Waals surface area contributed by atoms with E-state index in [2.05, 4.69) is 0 Å². The van der Waals surface area contributed by atoms with E-state index < -0.39 is 45.6 Å². The van der Waals surface area contributed by atoms with Gasteiger partial charge >= 0.3 is 12.1 Å². The zero-order valence-electron chi connectivity index (χ0n) is 10.4. The Morgan fingerprint density at radius 2 is 1.95 bits per heavy atom. The molecule has 2 N–H and O–H groups in total. The molecule has 1 aromatic carbocycles. The van der Waals surface area contributed by atoms with Crippen molar-refractivity contribution in [3.8, 4) is 0 Å². The number of sulfonamides is 1. The maximum atomic E-state index is 12.8. The molecule has 21 heavy (non-hydrogen) atoms. The Bertz CT molecular complexity index is 631. The van der Waals surface area contributed by atoms with Crippen LogP contribution in [0.5, 0.6) is 0 Å². The standard InChI is InChI=1S/C11H11ClF3NO4S/c12-7-3-4-9(8(6-7)11(13,14)15)16-21(19,20)5-1-2-10(17)18/h3-4,6,16H,1-2,5H2,(H,17,18). The summed E-state index contributed by atoms with van der Waals surface area (Å²) in [4.78, 5) is 10.3. The lowest BCUT2D eigenvalue weighted by Gasteiger charge is -2.15. The molecule has 0 aliphatic heterocycles. The summed E-state index contributed by atoms with van der Waals surface area (Å²) >= 11 is 5.47. The topological polar surface area (TPSA) is 83.5 Å². The first-order chi connectivity index (χ1) is 9.51. The van der Waals surface area contributed by atoms with E-state index in [4.69, 9.17) is 16.7 Å². The van der Waals surface area contributed by atoms with Crippen LogP contribution in [0.15, 0.2) is 18.2 Å². The molecule has 0 atom stereocenters. The summed E-state index contributed by atoms with van der Waals surface area (Å²) in [5, 5.41) is 8.22. The van der Waals surface area contributed by atoms with Gasteiger partial charge in [-0.05, 0) is 24.6 Å². The fourth-order valence-corrected chi connectivity index (χ4v) is 2.78. The van der Waals surface area contributed by atoms with Crippen LogP contribution < -0.4 is 4.72 Å². The highest BCUT2D eigenvalue weighted by Crippen LogP contribution is 2.36. The van der Waals surface area contributed by atoms with E-state index in [1.807, 2.05) is 0 Å². The smallest absolute Gasteiger partial charge is 0.418 e. The second-order valence-corrected chi connectivity index (χ2v) is 6.38. The van der Waals surface area contributed by atoms with Gasteiger partial charge in [0.05, 0.1) is 17.0 Å². The molecule has 0 radical (unpaired) electrons. The first-order valence-corrected chi connectivity index (χ1v) is 7.63. The molecule has 10 heteroatoms. The fraction of sp³-hybridized carbons (Fsp3) is 0.364. The van der Waals surface area contributed by atoms with Crippen molar-refractivity contribution < 1.29 is 31.5 Å². The number of halogens is 4. The average molecular weight is 346 g/mol. The van der Waals surface area contributed by atoms with E-state index in [0.717, 1.165) is 12.1 Å². The fourth-order valence-electron chi connectivity index (χ4n) is 1.47. The first kappa shape index (κ1) is 17.6. The number of aliphatic carboxylic acids is 1. The number of nitrogens with one attached hydrogen (secondary N) is 1. The molecule has 0 aromatic heterocycles. The number of rotatable bonds is 6. The molecule has 0 amide bonds. The number of alkyl halides is 3. The summed E-state index contributed by atoms with van der Waals surface area (Å²) in [6, 6.07) is 2.63. The maximum absolute atomic E-state index is 12.8. The first-order valence-electron chi connectivity index (χ1n) is 5.60. The van der Waals surface area contributed by atoms with Gasteiger partial charge in [-0.2, -0.15) is 13.2 Å². The van der Waals surface area contributed by atoms with Crippen LogP contribution in [0.4, 0.5) is 18.9 Å². The molecule has 118 valence electrons. The average Bonchev–Trinajstić information content (AvgIpc) is 2.29. The lowest BCUT2D eigenvalue weighted by molar-refractivity contribution is -0.137. The van der Waals surface area contributed by atoms with Gasteiger partial charge in [-0.1, -0.05) is 11.6 Å². The molecule has 0 aliphatic rings. The highest BCUT2D eigenvalue weighted by atomic mass is 35.5. The minimum absolute atomic E-state index is 0.184. The van der Waals surface area contributed by atoms with Gasteiger partial charge in [0.1, 0.15) is 0 Å². The van der Waals surface area contributed by atoms with Crippen molar-refractivity contribution in [2.45, 2.75) is 19.0 Å². The SMILES string of the molecule is O=C(O)CCCS(=O)(=O)Nc1ccc(Cl)cc1C(F)(F)F. The van der Waals surface area contributed by atoms with Crippen LogP contribution in [0, 0.1) is 0 Å². The number of hydrogen-bond acceptors (Lipinski definition) is 3. The summed E-state index contributed by atoms with van der Waals surface area (Å²) in [5.41, 5.74) is -1.86. The van der Waals surface area contributed by atoms with Gasteiger partial charge in [-0.3, -0.25) is 9.52 Å².